The maximum absolute atomic E-state index is 12.6. The molecule has 1 unspecified atom stereocenters. The summed E-state index contributed by atoms with van der Waals surface area (Å²) >= 11 is 0. The van der Waals surface area contributed by atoms with Gasteiger partial charge in [-0.05, 0) is 42.3 Å². The topological polar surface area (TPSA) is 62.2 Å². The zero-order chi connectivity index (χ0) is 21.3. The highest BCUT2D eigenvalue weighted by atomic mass is 16.5. The van der Waals surface area contributed by atoms with E-state index in [1.165, 1.54) is 5.56 Å². The Kier molecular flexibility index (Phi) is 7.74. The lowest BCUT2D eigenvalue weighted by atomic mass is 10.1. The number of hydrogen-bond donors (Lipinski definition) is 1. The van der Waals surface area contributed by atoms with Crippen molar-refractivity contribution < 1.29 is 19.4 Å². The van der Waals surface area contributed by atoms with E-state index in [0.29, 0.717) is 38.3 Å². The van der Waals surface area contributed by atoms with Gasteiger partial charge < -0.3 is 24.4 Å². The van der Waals surface area contributed by atoms with Crippen LogP contribution in [0.15, 0.2) is 61.2 Å². The lowest BCUT2D eigenvalue weighted by molar-refractivity contribution is -0.130. The smallest absolute Gasteiger partial charge is 0.224 e. The second kappa shape index (κ2) is 10.7. The van der Waals surface area contributed by atoms with Crippen molar-refractivity contribution in [2.45, 2.75) is 18.9 Å². The molecule has 0 fully saturated rings. The first-order chi connectivity index (χ1) is 14.6. The number of carbonyl (C=O) groups is 1. The van der Waals surface area contributed by atoms with Crippen molar-refractivity contribution in [1.29, 1.82) is 0 Å². The summed E-state index contributed by atoms with van der Waals surface area (Å²) in [6.45, 7) is 6.09. The molecule has 0 bridgehead atoms. The Bertz CT molecular complexity index is 837. The average molecular weight is 411 g/mol. The standard InChI is InChI=1S/C24H30N2O4/c1-3-14-25-15-12-19-6-4-5-7-23(19)26(16-13-24(25)28)17-20(27)18-30-22-10-8-21(29-2)9-11-22/h3-11,20,27H,1,12-18H2,2H3. The molecule has 3 rings (SSSR count). The summed E-state index contributed by atoms with van der Waals surface area (Å²) in [6.07, 6.45) is 2.24. The number of ether oxygens (including phenoxy) is 2. The summed E-state index contributed by atoms with van der Waals surface area (Å²) in [7, 11) is 1.62. The second-order valence-corrected chi connectivity index (χ2v) is 7.34. The normalized spacial score (nSPS) is 15.5. The van der Waals surface area contributed by atoms with Crippen molar-refractivity contribution in [2.75, 3.05) is 44.8 Å². The molecule has 1 amide bonds. The van der Waals surface area contributed by atoms with Gasteiger partial charge in [-0.3, -0.25) is 4.79 Å². The molecule has 0 aliphatic carbocycles. The van der Waals surface area contributed by atoms with Crippen LogP contribution in [0.5, 0.6) is 11.5 Å². The monoisotopic (exact) mass is 410 g/mol. The van der Waals surface area contributed by atoms with Gasteiger partial charge in [0.2, 0.25) is 5.91 Å². The van der Waals surface area contributed by atoms with Gasteiger partial charge in [0.05, 0.1) is 7.11 Å². The molecule has 1 aliphatic rings. The zero-order valence-corrected chi connectivity index (χ0v) is 17.5. The number of anilines is 1. The van der Waals surface area contributed by atoms with Crippen LogP contribution in [0.2, 0.25) is 0 Å². The van der Waals surface area contributed by atoms with E-state index in [-0.39, 0.29) is 12.5 Å². The predicted molar refractivity (Wildman–Crippen MR) is 118 cm³/mol. The number of aliphatic hydroxyl groups is 1. The molecule has 0 radical (unpaired) electrons. The van der Waals surface area contributed by atoms with Gasteiger partial charge in [0.1, 0.15) is 24.2 Å². The van der Waals surface area contributed by atoms with Crippen molar-refractivity contribution >= 4 is 11.6 Å². The third-order valence-electron chi connectivity index (χ3n) is 5.21. The molecule has 6 nitrogen and oxygen atoms in total. The number of β-amino-alcohol motifs (C(OH)–C–C–N with tert-alkyl or cyclic N) is 1. The van der Waals surface area contributed by atoms with E-state index >= 15 is 0 Å². The van der Waals surface area contributed by atoms with Crippen LogP contribution >= 0.6 is 0 Å². The van der Waals surface area contributed by atoms with Gasteiger partial charge in [-0.15, -0.1) is 6.58 Å². The number of carbonyl (C=O) groups excluding carboxylic acids is 1. The lowest BCUT2D eigenvalue weighted by Gasteiger charge is -2.28. The lowest BCUT2D eigenvalue weighted by Crippen LogP contribution is -2.38. The van der Waals surface area contributed by atoms with Gasteiger partial charge in [-0.25, -0.2) is 0 Å². The molecule has 2 aromatic rings. The highest BCUT2D eigenvalue weighted by molar-refractivity contribution is 5.77. The summed E-state index contributed by atoms with van der Waals surface area (Å²) < 4.78 is 10.9. The minimum atomic E-state index is -0.694. The van der Waals surface area contributed by atoms with Gasteiger partial charge in [0.15, 0.2) is 0 Å². The third-order valence-corrected chi connectivity index (χ3v) is 5.21. The van der Waals surface area contributed by atoms with Gasteiger partial charge in [-0.2, -0.15) is 0 Å². The molecule has 0 aromatic heterocycles. The minimum Gasteiger partial charge on any atom is -0.497 e. The Morgan fingerprint density at radius 2 is 1.77 bits per heavy atom. The predicted octanol–water partition coefficient (Wildman–Crippen LogP) is 2.90. The van der Waals surface area contributed by atoms with Crippen LogP contribution < -0.4 is 14.4 Å². The summed E-state index contributed by atoms with van der Waals surface area (Å²) in [5, 5.41) is 10.6. The van der Waals surface area contributed by atoms with Crippen molar-refractivity contribution in [1.82, 2.24) is 4.90 Å². The fraction of sp³-hybridized carbons (Fsp3) is 0.375. The second-order valence-electron chi connectivity index (χ2n) is 7.34. The Balaban J connectivity index is 1.67. The molecule has 6 heteroatoms. The van der Waals surface area contributed by atoms with E-state index in [9.17, 15) is 9.90 Å². The van der Waals surface area contributed by atoms with Crippen molar-refractivity contribution in [3.63, 3.8) is 0 Å². The molecule has 1 atom stereocenters. The number of methoxy groups -OCH3 is 1. The molecule has 1 heterocycles. The molecule has 30 heavy (non-hydrogen) atoms. The van der Waals surface area contributed by atoms with Crippen LogP contribution in [0.1, 0.15) is 12.0 Å². The summed E-state index contributed by atoms with van der Waals surface area (Å²) in [4.78, 5) is 16.5. The van der Waals surface area contributed by atoms with E-state index in [1.54, 1.807) is 13.2 Å². The summed E-state index contributed by atoms with van der Waals surface area (Å²) in [6, 6.07) is 15.4. The van der Waals surface area contributed by atoms with Crippen LogP contribution in [-0.2, 0) is 11.2 Å². The molecule has 0 spiro atoms. The first kappa shape index (κ1) is 21.7. The Morgan fingerprint density at radius 3 is 2.50 bits per heavy atom. The quantitative estimate of drug-likeness (QED) is 0.678. The van der Waals surface area contributed by atoms with E-state index in [2.05, 4.69) is 23.6 Å². The number of nitrogens with zero attached hydrogens (tertiary/aromatic N) is 2. The van der Waals surface area contributed by atoms with E-state index in [1.807, 2.05) is 41.3 Å². The number of amides is 1. The SMILES string of the molecule is C=CCN1CCc2ccccc2N(CC(O)COc2ccc(OC)cc2)CCC1=O. The Hall–Kier alpha value is -2.99. The highest BCUT2D eigenvalue weighted by Crippen LogP contribution is 2.24. The minimum absolute atomic E-state index is 0.108. The van der Waals surface area contributed by atoms with Crippen molar-refractivity contribution in [3.05, 3.63) is 66.7 Å². The molecular formula is C24H30N2O4. The fourth-order valence-electron chi connectivity index (χ4n) is 3.63. The molecule has 2 aromatic carbocycles. The van der Waals surface area contributed by atoms with Crippen molar-refractivity contribution in [3.8, 4) is 11.5 Å². The molecule has 0 saturated heterocycles. The summed E-state index contributed by atoms with van der Waals surface area (Å²) in [5.74, 6) is 1.54. The average Bonchev–Trinajstić information content (AvgIpc) is 2.83. The van der Waals surface area contributed by atoms with Gasteiger partial charge in [-0.1, -0.05) is 24.3 Å². The Morgan fingerprint density at radius 1 is 1.07 bits per heavy atom. The molecule has 0 saturated carbocycles. The first-order valence-corrected chi connectivity index (χ1v) is 10.3. The number of fused-ring (bicyclic) bond motifs is 1. The van der Waals surface area contributed by atoms with Gasteiger partial charge in [0.25, 0.3) is 0 Å². The molecule has 160 valence electrons. The largest absolute Gasteiger partial charge is 0.497 e. The van der Waals surface area contributed by atoms with Crippen molar-refractivity contribution in [2.24, 2.45) is 0 Å². The van der Waals surface area contributed by atoms with E-state index in [4.69, 9.17) is 9.47 Å². The molecule has 1 aliphatic heterocycles. The van der Waals surface area contributed by atoms with Crippen LogP contribution in [0.4, 0.5) is 5.69 Å². The number of hydrogen-bond acceptors (Lipinski definition) is 5. The molecular weight excluding hydrogens is 380 g/mol. The Labute approximate surface area is 178 Å². The van der Waals surface area contributed by atoms with Crippen LogP contribution in [0.3, 0.4) is 0 Å². The van der Waals surface area contributed by atoms with Crippen LogP contribution in [-0.4, -0.2) is 61.9 Å². The maximum atomic E-state index is 12.6. The van der Waals surface area contributed by atoms with Gasteiger partial charge in [0, 0.05) is 38.3 Å². The third kappa shape index (κ3) is 5.76. The number of para-hydroxylation sites is 1. The molecule has 1 N–H and O–H groups in total. The first-order valence-electron chi connectivity index (χ1n) is 10.3. The van der Waals surface area contributed by atoms with Crippen LogP contribution in [0, 0.1) is 0 Å². The van der Waals surface area contributed by atoms with E-state index < -0.39 is 6.10 Å². The van der Waals surface area contributed by atoms with Gasteiger partial charge >= 0.3 is 0 Å². The van der Waals surface area contributed by atoms with E-state index in [0.717, 1.165) is 17.9 Å². The number of benzene rings is 2. The maximum Gasteiger partial charge on any atom is 0.224 e. The number of aliphatic hydroxyl groups excluding tert-OH is 1. The van der Waals surface area contributed by atoms with Crippen LogP contribution in [0.25, 0.3) is 0 Å². The highest BCUT2D eigenvalue weighted by Gasteiger charge is 2.21. The summed E-state index contributed by atoms with van der Waals surface area (Å²) in [5.41, 5.74) is 2.23. The fourth-order valence-corrected chi connectivity index (χ4v) is 3.63. The number of rotatable bonds is 8. The zero-order valence-electron chi connectivity index (χ0n) is 17.5.